The smallest absolute Gasteiger partial charge is 0.253 e. The molecule has 0 bridgehead atoms. The summed E-state index contributed by atoms with van der Waals surface area (Å²) in [6, 6.07) is 6.76. The summed E-state index contributed by atoms with van der Waals surface area (Å²) in [6.07, 6.45) is 11.9. The van der Waals surface area contributed by atoms with Crippen molar-refractivity contribution in [3.05, 3.63) is 46.4 Å². The van der Waals surface area contributed by atoms with Gasteiger partial charge in [0.15, 0.2) is 0 Å². The Hall–Kier alpha value is -1.81. The minimum Gasteiger partial charge on any atom is -0.349 e. The van der Waals surface area contributed by atoms with Crippen LogP contribution in [0.5, 0.6) is 0 Å². The van der Waals surface area contributed by atoms with Crippen LogP contribution in [-0.2, 0) is 6.54 Å². The van der Waals surface area contributed by atoms with Gasteiger partial charge in [-0.2, -0.15) is 0 Å². The normalized spacial score (nSPS) is 18.5. The Kier molecular flexibility index (Phi) is 6.82. The SMILES string of the molecule is Cc1c(C(=O)NC2CCCCC2)cc(-c2cc(Cl)ccc2F)n1CC1CCCCC1. The molecule has 1 N–H and O–H groups in total. The standard InChI is InChI=1S/C25H32ClFN2O/c1-17-21(25(30)28-20-10-6-3-7-11-20)15-24(22-14-19(26)12-13-23(22)27)29(17)16-18-8-4-2-5-9-18/h12-15,18,20H,2-11,16H2,1H3,(H,28,30). The van der Waals surface area contributed by atoms with Crippen molar-refractivity contribution in [1.82, 2.24) is 9.88 Å². The molecule has 0 spiro atoms. The molecule has 0 saturated heterocycles. The third-order valence-corrected chi connectivity index (χ3v) is 7.16. The zero-order chi connectivity index (χ0) is 21.1. The predicted molar refractivity (Wildman–Crippen MR) is 120 cm³/mol. The van der Waals surface area contributed by atoms with Crippen LogP contribution in [0, 0.1) is 18.7 Å². The second-order valence-electron chi connectivity index (χ2n) is 9.08. The summed E-state index contributed by atoms with van der Waals surface area (Å²) in [4.78, 5) is 13.1. The van der Waals surface area contributed by atoms with Crippen LogP contribution in [-0.4, -0.2) is 16.5 Å². The highest BCUT2D eigenvalue weighted by atomic mass is 35.5. The van der Waals surface area contributed by atoms with Gasteiger partial charge in [0.05, 0.1) is 11.3 Å². The summed E-state index contributed by atoms with van der Waals surface area (Å²) in [7, 11) is 0. The number of rotatable bonds is 5. The highest BCUT2D eigenvalue weighted by molar-refractivity contribution is 6.30. The van der Waals surface area contributed by atoms with E-state index in [9.17, 15) is 9.18 Å². The van der Waals surface area contributed by atoms with Crippen molar-refractivity contribution >= 4 is 17.5 Å². The Morgan fingerprint density at radius 2 is 1.73 bits per heavy atom. The minimum absolute atomic E-state index is 0.0366. The molecule has 0 radical (unpaired) electrons. The van der Waals surface area contributed by atoms with Crippen LogP contribution in [0.4, 0.5) is 4.39 Å². The van der Waals surface area contributed by atoms with E-state index in [-0.39, 0.29) is 17.8 Å². The summed E-state index contributed by atoms with van der Waals surface area (Å²) in [5.74, 6) is 0.228. The highest BCUT2D eigenvalue weighted by Crippen LogP contribution is 2.33. The molecule has 2 saturated carbocycles. The van der Waals surface area contributed by atoms with Gasteiger partial charge in [-0.1, -0.05) is 50.1 Å². The Balaban J connectivity index is 1.68. The lowest BCUT2D eigenvalue weighted by Gasteiger charge is -2.25. The maximum absolute atomic E-state index is 14.8. The van der Waals surface area contributed by atoms with E-state index < -0.39 is 0 Å². The fourth-order valence-corrected chi connectivity index (χ4v) is 5.34. The molecule has 162 valence electrons. The van der Waals surface area contributed by atoms with Crippen LogP contribution in [0.3, 0.4) is 0 Å². The highest BCUT2D eigenvalue weighted by Gasteiger charge is 2.25. The molecule has 2 aromatic rings. The van der Waals surface area contributed by atoms with Crippen molar-refractivity contribution in [2.45, 2.75) is 83.7 Å². The molecular weight excluding hydrogens is 399 g/mol. The molecule has 1 aromatic carbocycles. The number of amides is 1. The molecular formula is C25H32ClFN2O. The van der Waals surface area contributed by atoms with Crippen LogP contribution in [0.1, 0.15) is 80.3 Å². The van der Waals surface area contributed by atoms with E-state index in [1.54, 1.807) is 12.1 Å². The summed E-state index contributed by atoms with van der Waals surface area (Å²) in [6.45, 7) is 2.81. The van der Waals surface area contributed by atoms with Crippen molar-refractivity contribution < 1.29 is 9.18 Å². The van der Waals surface area contributed by atoms with E-state index in [0.717, 1.165) is 30.8 Å². The van der Waals surface area contributed by atoms with Gasteiger partial charge in [-0.3, -0.25) is 4.79 Å². The molecule has 4 rings (SSSR count). The summed E-state index contributed by atoms with van der Waals surface area (Å²) in [5, 5.41) is 3.73. The molecule has 30 heavy (non-hydrogen) atoms. The van der Waals surface area contributed by atoms with E-state index in [1.165, 1.54) is 57.4 Å². The van der Waals surface area contributed by atoms with E-state index in [2.05, 4.69) is 9.88 Å². The molecule has 0 aliphatic heterocycles. The fourth-order valence-electron chi connectivity index (χ4n) is 5.17. The van der Waals surface area contributed by atoms with Gasteiger partial charge in [0.1, 0.15) is 5.82 Å². The van der Waals surface area contributed by atoms with Gasteiger partial charge in [-0.15, -0.1) is 0 Å². The molecule has 1 amide bonds. The van der Waals surface area contributed by atoms with Crippen molar-refractivity contribution in [2.75, 3.05) is 0 Å². The number of halogens is 2. The quantitative estimate of drug-likeness (QED) is 0.550. The molecule has 1 aromatic heterocycles. The first-order valence-electron chi connectivity index (χ1n) is 11.5. The maximum atomic E-state index is 14.8. The minimum atomic E-state index is -0.305. The van der Waals surface area contributed by atoms with Crippen LogP contribution in [0.2, 0.25) is 5.02 Å². The largest absolute Gasteiger partial charge is 0.349 e. The topological polar surface area (TPSA) is 34.0 Å². The molecule has 0 atom stereocenters. The van der Waals surface area contributed by atoms with E-state index in [1.807, 2.05) is 13.0 Å². The van der Waals surface area contributed by atoms with Gasteiger partial charge in [-0.25, -0.2) is 4.39 Å². The second-order valence-corrected chi connectivity index (χ2v) is 9.51. The number of nitrogens with one attached hydrogen (secondary N) is 1. The molecule has 1 heterocycles. The number of hydrogen-bond acceptors (Lipinski definition) is 1. The first-order valence-corrected chi connectivity index (χ1v) is 11.9. The zero-order valence-corrected chi connectivity index (χ0v) is 18.6. The van der Waals surface area contributed by atoms with Gasteiger partial charge in [0.25, 0.3) is 5.91 Å². The van der Waals surface area contributed by atoms with Crippen LogP contribution < -0.4 is 5.32 Å². The van der Waals surface area contributed by atoms with Gasteiger partial charge in [-0.05, 0) is 62.8 Å². The molecule has 3 nitrogen and oxygen atoms in total. The lowest BCUT2D eigenvalue weighted by atomic mass is 9.89. The zero-order valence-electron chi connectivity index (χ0n) is 17.9. The number of hydrogen-bond donors (Lipinski definition) is 1. The lowest BCUT2D eigenvalue weighted by Crippen LogP contribution is -2.36. The maximum Gasteiger partial charge on any atom is 0.253 e. The van der Waals surface area contributed by atoms with E-state index in [0.29, 0.717) is 22.1 Å². The van der Waals surface area contributed by atoms with Crippen molar-refractivity contribution in [3.63, 3.8) is 0 Å². The Morgan fingerprint density at radius 1 is 1.07 bits per heavy atom. The van der Waals surface area contributed by atoms with Crippen LogP contribution in [0.15, 0.2) is 24.3 Å². The molecule has 2 fully saturated rings. The van der Waals surface area contributed by atoms with Crippen molar-refractivity contribution in [3.8, 4) is 11.3 Å². The molecule has 2 aliphatic carbocycles. The third-order valence-electron chi connectivity index (χ3n) is 6.92. The second kappa shape index (κ2) is 9.55. The molecule has 5 heteroatoms. The lowest BCUT2D eigenvalue weighted by molar-refractivity contribution is 0.0927. The van der Waals surface area contributed by atoms with E-state index >= 15 is 0 Å². The summed E-state index contributed by atoms with van der Waals surface area (Å²) >= 11 is 6.19. The number of carbonyl (C=O) groups excluding carboxylic acids is 1. The van der Waals surface area contributed by atoms with Crippen LogP contribution >= 0.6 is 11.6 Å². The Morgan fingerprint density at radius 3 is 2.43 bits per heavy atom. The fraction of sp³-hybridized carbons (Fsp3) is 0.560. The molecule has 2 aliphatic rings. The van der Waals surface area contributed by atoms with Crippen LogP contribution in [0.25, 0.3) is 11.3 Å². The van der Waals surface area contributed by atoms with Gasteiger partial charge >= 0.3 is 0 Å². The van der Waals surface area contributed by atoms with Crippen molar-refractivity contribution in [1.29, 1.82) is 0 Å². The first-order chi connectivity index (χ1) is 14.5. The van der Waals surface area contributed by atoms with Gasteiger partial charge in [0.2, 0.25) is 0 Å². The van der Waals surface area contributed by atoms with Crippen molar-refractivity contribution in [2.24, 2.45) is 5.92 Å². The average Bonchev–Trinajstić information content (AvgIpc) is 3.07. The summed E-state index contributed by atoms with van der Waals surface area (Å²) < 4.78 is 16.9. The number of aromatic nitrogens is 1. The average molecular weight is 431 g/mol. The van der Waals surface area contributed by atoms with E-state index in [4.69, 9.17) is 11.6 Å². The summed E-state index contributed by atoms with van der Waals surface area (Å²) in [5.41, 5.74) is 2.80. The van der Waals surface area contributed by atoms with Gasteiger partial charge in [0, 0.05) is 28.9 Å². The Bertz CT molecular complexity index is 895. The first kappa shape index (κ1) is 21.4. The van der Waals surface area contributed by atoms with Gasteiger partial charge < -0.3 is 9.88 Å². The Labute approximate surface area is 184 Å². The molecule has 0 unspecified atom stereocenters. The predicted octanol–water partition coefficient (Wildman–Crippen LogP) is 6.90. The third kappa shape index (κ3) is 4.74. The monoisotopic (exact) mass is 430 g/mol. The number of nitrogens with zero attached hydrogens (tertiary/aromatic N) is 1. The number of carbonyl (C=O) groups is 1. The number of benzene rings is 1.